The molecule has 2 aliphatic carbocycles. The predicted octanol–water partition coefficient (Wildman–Crippen LogP) is 2.26. The number of amides is 1. The maximum atomic E-state index is 12.1. The molecule has 2 unspecified atom stereocenters. The van der Waals surface area contributed by atoms with E-state index >= 15 is 0 Å². The number of fused-ring (bicyclic) bond motifs is 1. The fraction of sp³-hybridized carbons (Fsp3) is 0.867. The minimum atomic E-state index is -3.73. The van der Waals surface area contributed by atoms with Crippen LogP contribution in [-0.4, -0.2) is 25.9 Å². The first-order chi connectivity index (χ1) is 9.63. The second-order valence-electron chi connectivity index (χ2n) is 6.45. The minimum Gasteiger partial charge on any atom is -0.299 e. The molecule has 0 spiro atoms. The summed E-state index contributed by atoms with van der Waals surface area (Å²) in [5, 5.41) is 0. The highest BCUT2D eigenvalue weighted by Gasteiger charge is 2.62. The zero-order valence-electron chi connectivity index (χ0n) is 13.7. The summed E-state index contributed by atoms with van der Waals surface area (Å²) in [6.45, 7) is 9.25. The van der Waals surface area contributed by atoms with Crippen molar-refractivity contribution in [3.8, 4) is 0 Å². The quantitative estimate of drug-likeness (QED) is 0.843. The summed E-state index contributed by atoms with van der Waals surface area (Å²) in [7, 11) is -3.73. The Hall–Kier alpha value is -0.910. The number of ketones is 1. The van der Waals surface area contributed by atoms with Crippen LogP contribution in [0.15, 0.2) is 0 Å². The van der Waals surface area contributed by atoms with Gasteiger partial charge in [-0.25, -0.2) is 8.42 Å². The second kappa shape index (κ2) is 6.07. The number of carbonyl (C=O) groups is 2. The van der Waals surface area contributed by atoms with Gasteiger partial charge in [0.15, 0.2) is 0 Å². The molecule has 0 aliphatic heterocycles. The Morgan fingerprint density at radius 3 is 2.29 bits per heavy atom. The summed E-state index contributed by atoms with van der Waals surface area (Å²) < 4.78 is 26.2. The first kappa shape index (κ1) is 18.1. The van der Waals surface area contributed by atoms with Crippen LogP contribution in [0.2, 0.25) is 0 Å². The maximum absolute atomic E-state index is 12.1. The van der Waals surface area contributed by atoms with Gasteiger partial charge in [-0.05, 0) is 25.2 Å². The van der Waals surface area contributed by atoms with Crippen molar-refractivity contribution in [1.29, 1.82) is 0 Å². The molecule has 0 bridgehead atoms. The Bertz CT molecular complexity index is 524. The van der Waals surface area contributed by atoms with E-state index in [0.29, 0.717) is 19.3 Å². The Kier molecular flexibility index (Phi) is 5.24. The zero-order chi connectivity index (χ0) is 16.5. The van der Waals surface area contributed by atoms with E-state index in [4.69, 9.17) is 0 Å². The summed E-state index contributed by atoms with van der Waals surface area (Å²) in [5.74, 6) is -0.467. The van der Waals surface area contributed by atoms with Gasteiger partial charge in [-0.3, -0.25) is 14.3 Å². The lowest BCUT2D eigenvalue weighted by Gasteiger charge is -2.56. The van der Waals surface area contributed by atoms with Crippen molar-refractivity contribution < 1.29 is 18.0 Å². The topological polar surface area (TPSA) is 80.3 Å². The van der Waals surface area contributed by atoms with E-state index in [2.05, 4.69) is 4.72 Å². The highest BCUT2D eigenvalue weighted by atomic mass is 32.2. The van der Waals surface area contributed by atoms with Crippen LogP contribution >= 0.6 is 0 Å². The number of hydrogen-bond donors (Lipinski definition) is 1. The Morgan fingerprint density at radius 1 is 1.38 bits per heavy atom. The SMILES string of the molecule is CC.CCC(C)(C)C(=O)NS(=O)(=O)CC12CCC1CC2=O. The van der Waals surface area contributed by atoms with Gasteiger partial charge in [-0.2, -0.15) is 0 Å². The Balaban J connectivity index is 0.00000106. The largest absolute Gasteiger partial charge is 0.299 e. The number of Topliss-reactive ketones (excluding diaryl/α,β-unsaturated/α-hetero) is 1. The molecule has 0 aromatic heterocycles. The van der Waals surface area contributed by atoms with Crippen molar-refractivity contribution in [1.82, 2.24) is 4.72 Å². The van der Waals surface area contributed by atoms with Gasteiger partial charge < -0.3 is 0 Å². The third-order valence-electron chi connectivity index (χ3n) is 4.90. The smallest absolute Gasteiger partial charge is 0.239 e. The van der Waals surface area contributed by atoms with Crippen LogP contribution in [0.3, 0.4) is 0 Å². The molecule has 2 fully saturated rings. The molecule has 0 saturated heterocycles. The fourth-order valence-electron chi connectivity index (χ4n) is 2.74. The molecule has 0 aromatic carbocycles. The summed E-state index contributed by atoms with van der Waals surface area (Å²) >= 11 is 0. The molecule has 2 saturated carbocycles. The molecular weight excluding hydrogens is 290 g/mol. The number of hydrogen-bond acceptors (Lipinski definition) is 4. The van der Waals surface area contributed by atoms with Crippen LogP contribution in [-0.2, 0) is 19.6 Å². The normalized spacial score (nSPS) is 27.5. The summed E-state index contributed by atoms with van der Waals surface area (Å²) in [6, 6.07) is 0. The lowest BCUT2D eigenvalue weighted by Crippen LogP contribution is -2.62. The van der Waals surface area contributed by atoms with Gasteiger partial charge >= 0.3 is 0 Å². The Morgan fingerprint density at radius 2 is 1.95 bits per heavy atom. The van der Waals surface area contributed by atoms with Gasteiger partial charge in [-0.1, -0.05) is 34.6 Å². The van der Waals surface area contributed by atoms with Gasteiger partial charge in [-0.15, -0.1) is 0 Å². The molecule has 2 atom stereocenters. The molecule has 1 amide bonds. The van der Waals surface area contributed by atoms with Gasteiger partial charge in [0.25, 0.3) is 0 Å². The van der Waals surface area contributed by atoms with E-state index in [1.807, 2.05) is 20.8 Å². The van der Waals surface area contributed by atoms with Crippen LogP contribution in [0.5, 0.6) is 0 Å². The molecule has 0 heterocycles. The van der Waals surface area contributed by atoms with Crippen molar-refractivity contribution in [2.45, 2.75) is 60.3 Å². The number of carbonyl (C=O) groups excluding carboxylic acids is 2. The van der Waals surface area contributed by atoms with E-state index in [1.165, 1.54) is 0 Å². The van der Waals surface area contributed by atoms with E-state index < -0.39 is 26.8 Å². The summed E-state index contributed by atoms with van der Waals surface area (Å²) in [5.41, 5.74) is -1.39. The molecule has 0 radical (unpaired) electrons. The number of sulfonamides is 1. The van der Waals surface area contributed by atoms with Crippen LogP contribution in [0.25, 0.3) is 0 Å². The third-order valence-corrected chi connectivity index (χ3v) is 6.29. The summed E-state index contributed by atoms with van der Waals surface area (Å²) in [4.78, 5) is 23.6. The van der Waals surface area contributed by atoms with Crippen LogP contribution in [0.1, 0.15) is 60.3 Å². The van der Waals surface area contributed by atoms with E-state index in [0.717, 1.165) is 6.42 Å². The molecule has 2 rings (SSSR count). The first-order valence-corrected chi connectivity index (χ1v) is 9.36. The van der Waals surface area contributed by atoms with Crippen molar-refractivity contribution in [3.63, 3.8) is 0 Å². The van der Waals surface area contributed by atoms with E-state index in [9.17, 15) is 18.0 Å². The molecular formula is C15H27NO4S. The van der Waals surface area contributed by atoms with Crippen molar-refractivity contribution in [3.05, 3.63) is 0 Å². The second-order valence-corrected chi connectivity index (χ2v) is 8.17. The minimum absolute atomic E-state index is 0.0383. The lowest BCUT2D eigenvalue weighted by molar-refractivity contribution is -0.156. The Labute approximate surface area is 127 Å². The fourth-order valence-corrected chi connectivity index (χ4v) is 4.59. The van der Waals surface area contributed by atoms with Gasteiger partial charge in [0.2, 0.25) is 15.9 Å². The first-order valence-electron chi connectivity index (χ1n) is 7.71. The van der Waals surface area contributed by atoms with E-state index in [1.54, 1.807) is 13.8 Å². The molecule has 2 aliphatic rings. The number of rotatable bonds is 5. The third kappa shape index (κ3) is 3.30. The standard InChI is InChI=1S/C13H21NO4S.C2H6/c1-4-12(2,3)11(16)14-19(17,18)8-13-6-5-9(13)7-10(13)15;1-2/h9H,4-8H2,1-3H3,(H,14,16);1-2H3. The number of nitrogens with one attached hydrogen (secondary N) is 1. The average Bonchev–Trinajstić information content (AvgIpc) is 2.42. The van der Waals surface area contributed by atoms with Crippen LogP contribution < -0.4 is 4.72 Å². The van der Waals surface area contributed by atoms with Crippen LogP contribution in [0.4, 0.5) is 0 Å². The van der Waals surface area contributed by atoms with Gasteiger partial charge in [0, 0.05) is 17.3 Å². The molecule has 122 valence electrons. The van der Waals surface area contributed by atoms with E-state index in [-0.39, 0.29) is 17.5 Å². The highest BCUT2D eigenvalue weighted by molar-refractivity contribution is 7.90. The monoisotopic (exact) mass is 317 g/mol. The van der Waals surface area contributed by atoms with Crippen molar-refractivity contribution in [2.75, 3.05) is 5.75 Å². The van der Waals surface area contributed by atoms with Gasteiger partial charge in [0.1, 0.15) is 5.78 Å². The lowest BCUT2D eigenvalue weighted by atomic mass is 9.48. The molecule has 6 heteroatoms. The van der Waals surface area contributed by atoms with Crippen molar-refractivity contribution in [2.24, 2.45) is 16.7 Å². The molecule has 21 heavy (non-hydrogen) atoms. The van der Waals surface area contributed by atoms with Crippen molar-refractivity contribution >= 4 is 21.7 Å². The summed E-state index contributed by atoms with van der Waals surface area (Å²) in [6.07, 6.45) is 2.63. The average molecular weight is 317 g/mol. The predicted molar refractivity (Wildman–Crippen MR) is 82.1 cm³/mol. The van der Waals surface area contributed by atoms with Crippen LogP contribution in [0, 0.1) is 16.7 Å². The highest BCUT2D eigenvalue weighted by Crippen LogP contribution is 2.58. The molecule has 0 aromatic rings. The molecule has 5 nitrogen and oxygen atoms in total. The molecule has 1 N–H and O–H groups in total. The zero-order valence-corrected chi connectivity index (χ0v) is 14.5. The van der Waals surface area contributed by atoms with Gasteiger partial charge in [0.05, 0.1) is 5.75 Å². The maximum Gasteiger partial charge on any atom is 0.239 e.